The van der Waals surface area contributed by atoms with E-state index in [-0.39, 0.29) is 5.28 Å². The van der Waals surface area contributed by atoms with Crippen LogP contribution in [-0.4, -0.2) is 19.5 Å². The van der Waals surface area contributed by atoms with E-state index in [1.807, 2.05) is 29.7 Å². The first-order valence-corrected chi connectivity index (χ1v) is 8.89. The molecule has 0 saturated carbocycles. The second kappa shape index (κ2) is 7.14. The first-order chi connectivity index (χ1) is 12.7. The van der Waals surface area contributed by atoms with E-state index in [1.165, 1.54) is 11.1 Å². The fourth-order valence-electron chi connectivity index (χ4n) is 2.90. The highest BCUT2D eigenvalue weighted by Crippen LogP contribution is 2.23. The van der Waals surface area contributed by atoms with E-state index in [9.17, 15) is 0 Å². The van der Waals surface area contributed by atoms with Gasteiger partial charge in [0.25, 0.3) is 0 Å². The molecule has 6 heteroatoms. The molecule has 0 unspecified atom stereocenters. The van der Waals surface area contributed by atoms with Crippen molar-refractivity contribution in [2.24, 2.45) is 0 Å². The highest BCUT2D eigenvalue weighted by atomic mass is 35.5. The second-order valence-electron chi connectivity index (χ2n) is 5.96. The molecule has 0 aliphatic carbocycles. The van der Waals surface area contributed by atoms with Crippen LogP contribution in [0.2, 0.25) is 5.28 Å². The number of hydrogen-bond donors (Lipinski definition) is 1. The maximum Gasteiger partial charge on any atom is 0.226 e. The summed E-state index contributed by atoms with van der Waals surface area (Å²) in [5, 5.41) is 3.55. The second-order valence-corrected chi connectivity index (χ2v) is 6.30. The smallest absolute Gasteiger partial charge is 0.226 e. The van der Waals surface area contributed by atoms with E-state index in [0.717, 1.165) is 23.3 Å². The van der Waals surface area contributed by atoms with Gasteiger partial charge >= 0.3 is 0 Å². The lowest BCUT2D eigenvalue weighted by Gasteiger charge is -2.08. The van der Waals surface area contributed by atoms with Crippen LogP contribution in [0.1, 0.15) is 12.5 Å². The van der Waals surface area contributed by atoms with Crippen LogP contribution in [0.3, 0.4) is 0 Å². The summed E-state index contributed by atoms with van der Waals surface area (Å²) in [4.78, 5) is 13.0. The monoisotopic (exact) mass is 363 g/mol. The van der Waals surface area contributed by atoms with Gasteiger partial charge in [0, 0.05) is 13.1 Å². The van der Waals surface area contributed by atoms with Gasteiger partial charge in [0.05, 0.1) is 6.33 Å². The van der Waals surface area contributed by atoms with Gasteiger partial charge in [-0.15, -0.1) is 0 Å². The minimum Gasteiger partial charge on any atom is -0.364 e. The normalized spacial score (nSPS) is 11.0. The summed E-state index contributed by atoms with van der Waals surface area (Å²) >= 11 is 6.08. The zero-order chi connectivity index (χ0) is 17.9. The van der Waals surface area contributed by atoms with Crippen LogP contribution in [-0.2, 0) is 13.1 Å². The third-order valence-electron chi connectivity index (χ3n) is 4.30. The van der Waals surface area contributed by atoms with Crippen LogP contribution in [0.25, 0.3) is 22.3 Å². The average molecular weight is 364 g/mol. The molecule has 2 aromatic heterocycles. The van der Waals surface area contributed by atoms with Gasteiger partial charge in [-0.2, -0.15) is 9.97 Å². The van der Waals surface area contributed by atoms with Crippen molar-refractivity contribution in [3.8, 4) is 11.1 Å². The average Bonchev–Trinajstić information content (AvgIpc) is 3.10. The van der Waals surface area contributed by atoms with Crippen LogP contribution < -0.4 is 5.32 Å². The third-order valence-corrected chi connectivity index (χ3v) is 4.47. The molecule has 130 valence electrons. The molecule has 4 rings (SSSR count). The topological polar surface area (TPSA) is 55.6 Å². The Labute approximate surface area is 156 Å². The number of anilines is 1. The fourth-order valence-corrected chi connectivity index (χ4v) is 3.07. The number of benzene rings is 2. The predicted octanol–water partition coefficient (Wildman–Crippen LogP) is 4.78. The van der Waals surface area contributed by atoms with Crippen molar-refractivity contribution in [2.45, 2.75) is 20.0 Å². The summed E-state index contributed by atoms with van der Waals surface area (Å²) < 4.78 is 1.95. The molecule has 0 amide bonds. The predicted molar refractivity (Wildman–Crippen MR) is 105 cm³/mol. The Hall–Kier alpha value is -2.92. The summed E-state index contributed by atoms with van der Waals surface area (Å²) in [6.07, 6.45) is 1.76. The number of rotatable bonds is 5. The molecular formula is C20H18ClN5. The zero-order valence-corrected chi connectivity index (χ0v) is 15.1. The molecule has 26 heavy (non-hydrogen) atoms. The molecule has 0 aliphatic heterocycles. The third kappa shape index (κ3) is 3.26. The van der Waals surface area contributed by atoms with Crippen LogP contribution in [0.4, 0.5) is 5.82 Å². The highest BCUT2D eigenvalue weighted by molar-refractivity contribution is 6.28. The van der Waals surface area contributed by atoms with Crippen LogP contribution in [0.5, 0.6) is 0 Å². The lowest BCUT2D eigenvalue weighted by molar-refractivity contribution is 0.777. The Kier molecular flexibility index (Phi) is 4.54. The molecule has 0 spiro atoms. The van der Waals surface area contributed by atoms with Crippen molar-refractivity contribution in [2.75, 3.05) is 5.32 Å². The highest BCUT2D eigenvalue weighted by Gasteiger charge is 2.11. The molecule has 2 aromatic carbocycles. The Morgan fingerprint density at radius 3 is 2.42 bits per heavy atom. The zero-order valence-electron chi connectivity index (χ0n) is 14.4. The first kappa shape index (κ1) is 16.5. The molecule has 0 radical (unpaired) electrons. The molecule has 5 nitrogen and oxygen atoms in total. The number of aryl methyl sites for hydroxylation is 1. The number of halogens is 1. The van der Waals surface area contributed by atoms with Crippen LogP contribution >= 0.6 is 11.6 Å². The molecule has 0 fully saturated rings. The number of aromatic nitrogens is 4. The van der Waals surface area contributed by atoms with E-state index < -0.39 is 0 Å². The molecule has 1 N–H and O–H groups in total. The summed E-state index contributed by atoms with van der Waals surface area (Å²) in [6, 6.07) is 18.8. The van der Waals surface area contributed by atoms with Crippen molar-refractivity contribution in [1.82, 2.24) is 19.5 Å². The maximum atomic E-state index is 6.08. The molecule has 4 aromatic rings. The Morgan fingerprint density at radius 1 is 0.962 bits per heavy atom. The molecular weight excluding hydrogens is 346 g/mol. The van der Waals surface area contributed by atoms with E-state index >= 15 is 0 Å². The molecule has 0 aliphatic rings. The summed E-state index contributed by atoms with van der Waals surface area (Å²) in [7, 11) is 0. The van der Waals surface area contributed by atoms with Gasteiger partial charge in [-0.05, 0) is 35.2 Å². The van der Waals surface area contributed by atoms with Crippen molar-refractivity contribution >= 4 is 28.6 Å². The van der Waals surface area contributed by atoms with Crippen molar-refractivity contribution in [3.05, 3.63) is 71.8 Å². The number of fused-ring (bicyclic) bond motifs is 1. The summed E-state index contributed by atoms with van der Waals surface area (Å²) in [5.74, 6) is 0.652. The Morgan fingerprint density at radius 2 is 1.69 bits per heavy atom. The molecule has 0 bridgehead atoms. The number of nitrogens with zero attached hydrogens (tertiary/aromatic N) is 4. The minimum atomic E-state index is 0.217. The largest absolute Gasteiger partial charge is 0.364 e. The van der Waals surface area contributed by atoms with Gasteiger partial charge in [0.1, 0.15) is 0 Å². The van der Waals surface area contributed by atoms with Crippen molar-refractivity contribution in [3.63, 3.8) is 0 Å². The van der Waals surface area contributed by atoms with Gasteiger partial charge in [0.2, 0.25) is 5.28 Å². The van der Waals surface area contributed by atoms with Crippen LogP contribution in [0.15, 0.2) is 60.9 Å². The van der Waals surface area contributed by atoms with E-state index in [0.29, 0.717) is 12.4 Å². The van der Waals surface area contributed by atoms with Gasteiger partial charge in [-0.25, -0.2) is 4.98 Å². The minimum absolute atomic E-state index is 0.217. The number of imidazole rings is 1. The summed E-state index contributed by atoms with van der Waals surface area (Å²) in [5.41, 5.74) is 5.04. The van der Waals surface area contributed by atoms with Crippen LogP contribution in [0, 0.1) is 0 Å². The molecule has 2 heterocycles. The number of nitrogens with one attached hydrogen (secondary N) is 1. The van der Waals surface area contributed by atoms with Gasteiger partial charge in [-0.3, -0.25) is 0 Å². The SMILES string of the molecule is CCn1cnc2c(NCc3ccc(-c4ccccc4)cc3)nc(Cl)nc21. The summed E-state index contributed by atoms with van der Waals surface area (Å²) in [6.45, 7) is 3.46. The quantitative estimate of drug-likeness (QED) is 0.518. The van der Waals surface area contributed by atoms with Gasteiger partial charge in [-0.1, -0.05) is 54.6 Å². The maximum absolute atomic E-state index is 6.08. The lowest BCUT2D eigenvalue weighted by Crippen LogP contribution is -2.04. The molecule has 0 atom stereocenters. The van der Waals surface area contributed by atoms with E-state index in [2.05, 4.69) is 56.7 Å². The lowest BCUT2D eigenvalue weighted by atomic mass is 10.0. The van der Waals surface area contributed by atoms with E-state index in [4.69, 9.17) is 11.6 Å². The van der Waals surface area contributed by atoms with Crippen molar-refractivity contribution < 1.29 is 0 Å². The van der Waals surface area contributed by atoms with E-state index in [1.54, 1.807) is 6.33 Å². The van der Waals surface area contributed by atoms with Gasteiger partial charge in [0.15, 0.2) is 17.0 Å². The van der Waals surface area contributed by atoms with Crippen molar-refractivity contribution in [1.29, 1.82) is 0 Å². The molecule has 0 saturated heterocycles. The van der Waals surface area contributed by atoms with Gasteiger partial charge < -0.3 is 9.88 Å². The Bertz CT molecular complexity index is 1030. The Balaban J connectivity index is 1.54. The number of hydrogen-bond acceptors (Lipinski definition) is 4. The standard InChI is InChI=1S/C20H18ClN5/c1-2-26-13-23-17-18(24-20(21)25-19(17)26)22-12-14-8-10-16(11-9-14)15-6-4-3-5-7-15/h3-11,13H,2,12H2,1H3,(H,22,24,25). The first-order valence-electron chi connectivity index (χ1n) is 8.51. The fraction of sp³-hybridized carbons (Fsp3) is 0.150.